The van der Waals surface area contributed by atoms with Gasteiger partial charge in [-0.25, -0.2) is 4.79 Å². The van der Waals surface area contributed by atoms with Crippen LogP contribution in [0.15, 0.2) is 146 Å². The van der Waals surface area contributed by atoms with Crippen LogP contribution in [0.2, 0.25) is 0 Å². The molecule has 0 aliphatic heterocycles. The van der Waals surface area contributed by atoms with Crippen LogP contribution >= 0.6 is 0 Å². The Morgan fingerprint density at radius 2 is 1.15 bits per heavy atom. The van der Waals surface area contributed by atoms with Gasteiger partial charge in [0.05, 0.1) is 5.54 Å². The first-order valence-electron chi connectivity index (χ1n) is 15.9. The monoisotopic (exact) mass is 628 g/mol. The minimum absolute atomic E-state index is 0.0744. The van der Waals surface area contributed by atoms with Crippen molar-refractivity contribution in [3.63, 3.8) is 0 Å². The molecule has 3 N–H and O–H groups in total. The van der Waals surface area contributed by atoms with E-state index in [0.29, 0.717) is 12.3 Å². The molecule has 5 aromatic carbocycles. The van der Waals surface area contributed by atoms with Gasteiger partial charge in [0.2, 0.25) is 0 Å². The summed E-state index contributed by atoms with van der Waals surface area (Å²) < 4.78 is 11.3. The van der Waals surface area contributed by atoms with Crippen LogP contribution in [0.4, 0.5) is 4.79 Å². The van der Waals surface area contributed by atoms with E-state index in [1.807, 2.05) is 146 Å². The Morgan fingerprint density at radius 1 is 0.638 bits per heavy atom. The van der Waals surface area contributed by atoms with E-state index >= 15 is 0 Å². The molecule has 1 amide bonds. The van der Waals surface area contributed by atoms with Crippen molar-refractivity contribution in [1.29, 1.82) is 0 Å². The summed E-state index contributed by atoms with van der Waals surface area (Å²) in [5, 5.41) is 16.7. The molecular weight excluding hydrogens is 588 g/mol. The van der Waals surface area contributed by atoms with Gasteiger partial charge in [0, 0.05) is 6.54 Å². The molecule has 5 rings (SSSR count). The summed E-state index contributed by atoms with van der Waals surface area (Å²) in [6.07, 6.45) is 2.13. The highest BCUT2D eigenvalue weighted by Gasteiger charge is 2.40. The molecule has 47 heavy (non-hydrogen) atoms. The molecule has 0 fully saturated rings. The van der Waals surface area contributed by atoms with E-state index < -0.39 is 23.6 Å². The molecule has 0 heterocycles. The highest BCUT2D eigenvalue weighted by molar-refractivity contribution is 5.74. The summed E-state index contributed by atoms with van der Waals surface area (Å²) in [5.74, 6) is -0.416. The lowest BCUT2D eigenvalue weighted by Gasteiger charge is -2.39. The fourth-order valence-electron chi connectivity index (χ4n) is 5.60. The molecule has 0 saturated carbocycles. The zero-order valence-electron chi connectivity index (χ0n) is 26.3. The van der Waals surface area contributed by atoms with Gasteiger partial charge in [0.1, 0.15) is 25.0 Å². The molecule has 0 aliphatic rings. The van der Waals surface area contributed by atoms with Crippen molar-refractivity contribution in [2.24, 2.45) is 0 Å². The first-order chi connectivity index (χ1) is 23.0. The number of aliphatic carboxylic acids is 1. The van der Waals surface area contributed by atoms with Crippen molar-refractivity contribution in [2.45, 2.75) is 37.5 Å². The maximum Gasteiger partial charge on any atom is 0.407 e. The third-order valence-electron chi connectivity index (χ3n) is 8.02. The molecule has 5 aromatic rings. The molecule has 0 saturated heterocycles. The van der Waals surface area contributed by atoms with E-state index in [0.717, 1.165) is 47.1 Å². The summed E-state index contributed by atoms with van der Waals surface area (Å²) >= 11 is 0. The SMILES string of the molecule is O=C(NCCCCc1ccc(OCC(NC(c2ccccc2)(c2ccccc2)c2ccccc2)C(=O)O)cc1)OCc1ccccc1. The number of aryl methyl sites for hydroxylation is 1. The van der Waals surface area contributed by atoms with Gasteiger partial charge in [-0.2, -0.15) is 0 Å². The maximum absolute atomic E-state index is 12.7. The van der Waals surface area contributed by atoms with Gasteiger partial charge >= 0.3 is 12.1 Å². The van der Waals surface area contributed by atoms with Crippen LogP contribution in [0.25, 0.3) is 0 Å². The molecule has 1 atom stereocenters. The van der Waals surface area contributed by atoms with E-state index in [1.165, 1.54) is 0 Å². The number of nitrogens with one attached hydrogen (secondary N) is 2. The van der Waals surface area contributed by atoms with Crippen LogP contribution in [0.1, 0.15) is 40.7 Å². The van der Waals surface area contributed by atoms with Gasteiger partial charge in [0.15, 0.2) is 0 Å². The first-order valence-corrected chi connectivity index (χ1v) is 15.9. The van der Waals surface area contributed by atoms with Crippen molar-refractivity contribution >= 4 is 12.1 Å². The van der Waals surface area contributed by atoms with Crippen LogP contribution in [-0.2, 0) is 28.1 Å². The molecule has 1 unspecified atom stereocenters. The number of ether oxygens (including phenoxy) is 2. The Balaban J connectivity index is 1.18. The lowest BCUT2D eigenvalue weighted by Crippen LogP contribution is -2.54. The van der Waals surface area contributed by atoms with Gasteiger partial charge in [-0.1, -0.05) is 133 Å². The molecular formula is C40H40N2O5. The van der Waals surface area contributed by atoms with Crippen LogP contribution in [-0.4, -0.2) is 36.4 Å². The quantitative estimate of drug-likeness (QED) is 0.0781. The lowest BCUT2D eigenvalue weighted by atomic mass is 9.76. The second-order valence-electron chi connectivity index (χ2n) is 11.3. The molecule has 0 aliphatic carbocycles. The van der Waals surface area contributed by atoms with Gasteiger partial charge in [-0.15, -0.1) is 0 Å². The van der Waals surface area contributed by atoms with Gasteiger partial charge in [-0.05, 0) is 59.2 Å². The number of rotatable bonds is 16. The Hall–Kier alpha value is -5.40. The third-order valence-corrected chi connectivity index (χ3v) is 8.02. The normalized spacial score (nSPS) is 11.7. The summed E-state index contributed by atoms with van der Waals surface area (Å²) in [6, 6.07) is 46.0. The summed E-state index contributed by atoms with van der Waals surface area (Å²) in [7, 11) is 0. The van der Waals surface area contributed by atoms with Gasteiger partial charge in [0.25, 0.3) is 0 Å². The minimum atomic E-state index is -1.03. The molecule has 7 heteroatoms. The lowest BCUT2D eigenvalue weighted by molar-refractivity contribution is -0.140. The number of carbonyl (C=O) groups is 2. The summed E-state index contributed by atoms with van der Waals surface area (Å²) in [6.45, 7) is 0.710. The highest BCUT2D eigenvalue weighted by Crippen LogP contribution is 2.37. The number of hydrogen-bond donors (Lipinski definition) is 3. The molecule has 0 aromatic heterocycles. The summed E-state index contributed by atoms with van der Waals surface area (Å²) in [5.41, 5.74) is 3.91. The first kappa shape index (κ1) is 33.0. The molecule has 0 radical (unpaired) electrons. The smallest absolute Gasteiger partial charge is 0.407 e. The van der Waals surface area contributed by atoms with Gasteiger partial charge in [-0.3, -0.25) is 10.1 Å². The fourth-order valence-corrected chi connectivity index (χ4v) is 5.60. The Bertz CT molecular complexity index is 1570. The van der Waals surface area contributed by atoms with Crippen LogP contribution in [0, 0.1) is 0 Å². The zero-order chi connectivity index (χ0) is 32.7. The highest BCUT2D eigenvalue weighted by atomic mass is 16.5. The zero-order valence-corrected chi connectivity index (χ0v) is 26.3. The van der Waals surface area contributed by atoms with Crippen molar-refractivity contribution in [1.82, 2.24) is 10.6 Å². The Labute approximate surface area is 276 Å². The molecule has 0 spiro atoms. The second kappa shape index (κ2) is 16.8. The Kier molecular flexibility index (Phi) is 11.8. The fraction of sp³-hybridized carbons (Fsp3) is 0.200. The van der Waals surface area contributed by atoms with Crippen molar-refractivity contribution in [2.75, 3.05) is 13.2 Å². The topological polar surface area (TPSA) is 96.9 Å². The van der Waals surface area contributed by atoms with Crippen molar-refractivity contribution in [3.8, 4) is 5.75 Å². The molecule has 7 nitrogen and oxygen atoms in total. The van der Waals surface area contributed by atoms with Crippen molar-refractivity contribution < 1.29 is 24.2 Å². The average molecular weight is 629 g/mol. The number of unbranched alkanes of at least 4 members (excludes halogenated alkanes) is 1. The van der Waals surface area contributed by atoms with E-state index in [4.69, 9.17) is 9.47 Å². The van der Waals surface area contributed by atoms with Crippen LogP contribution in [0.3, 0.4) is 0 Å². The summed E-state index contributed by atoms with van der Waals surface area (Å²) in [4.78, 5) is 24.6. The molecule has 240 valence electrons. The Morgan fingerprint density at radius 3 is 1.66 bits per heavy atom. The molecule has 0 bridgehead atoms. The number of carboxylic acids is 1. The average Bonchev–Trinajstić information content (AvgIpc) is 3.13. The number of carboxylic acid groups (broad SMARTS) is 1. The van der Waals surface area contributed by atoms with Crippen LogP contribution in [0.5, 0.6) is 5.75 Å². The third kappa shape index (κ3) is 9.08. The number of hydrogen-bond acceptors (Lipinski definition) is 5. The second-order valence-corrected chi connectivity index (χ2v) is 11.3. The van der Waals surface area contributed by atoms with E-state index in [1.54, 1.807) is 0 Å². The minimum Gasteiger partial charge on any atom is -0.491 e. The van der Waals surface area contributed by atoms with E-state index in [2.05, 4.69) is 10.6 Å². The predicted octanol–water partition coefficient (Wildman–Crippen LogP) is 7.35. The van der Waals surface area contributed by atoms with Crippen molar-refractivity contribution in [3.05, 3.63) is 173 Å². The van der Waals surface area contributed by atoms with E-state index in [-0.39, 0.29) is 13.2 Å². The predicted molar refractivity (Wildman–Crippen MR) is 183 cm³/mol. The number of benzene rings is 5. The number of alkyl carbamates (subject to hydrolysis) is 1. The number of carbonyl (C=O) groups excluding carboxylic acids is 1. The standard InChI is InChI=1S/C40H40N2O5/c43-38(44)37(42-40(33-18-7-2-8-19-33,34-20-9-3-10-21-34)35-22-11-4-12-23-35)30-46-36-26-24-31(25-27-36)15-13-14-28-41-39(45)47-29-32-16-5-1-6-17-32/h1-12,16-27,37,42H,13-15,28-30H2,(H,41,45)(H,43,44). The van der Waals surface area contributed by atoms with Gasteiger partial charge < -0.3 is 19.9 Å². The van der Waals surface area contributed by atoms with E-state index in [9.17, 15) is 14.7 Å². The maximum atomic E-state index is 12.7. The largest absolute Gasteiger partial charge is 0.491 e. The number of amides is 1. The van der Waals surface area contributed by atoms with Crippen LogP contribution < -0.4 is 15.4 Å².